The second-order valence-electron chi connectivity index (χ2n) is 19.7. The Kier molecular flexibility index (Phi) is 14.3. The van der Waals surface area contributed by atoms with E-state index in [9.17, 15) is 4.79 Å². The van der Waals surface area contributed by atoms with Crippen molar-refractivity contribution in [2.75, 3.05) is 0 Å². The van der Waals surface area contributed by atoms with E-state index < -0.39 is 69.5 Å². The molecule has 1 aromatic carbocycles. The standard InChI is InChI=1S/C39H72O6Si4/c1-20-24-30-32(42-36(40)29-25-22-21-23-26-29)34(44-48(16,17)38(5,6)7)35(45-49(18,19)39(8,9)10)33(41-30)31(27-28-46(11,12)13)43-47(14,15)37(2,3)4/h20-23,25-28,30-35H,1,24H2,2-19H3/b28-27+/t30-,31?,32-,33-,34?,35?/m0/s1. The molecule has 0 aromatic heterocycles. The normalized spacial score (nSPS) is 24.2. The van der Waals surface area contributed by atoms with Crippen LogP contribution >= 0.6 is 0 Å². The van der Waals surface area contributed by atoms with Gasteiger partial charge in [-0.25, -0.2) is 4.79 Å². The molecule has 0 radical (unpaired) electrons. The lowest BCUT2D eigenvalue weighted by Crippen LogP contribution is -2.68. The second-order valence-corrected chi connectivity index (χ2v) is 39.0. The largest absolute Gasteiger partial charge is 0.453 e. The van der Waals surface area contributed by atoms with Crippen molar-refractivity contribution in [1.29, 1.82) is 0 Å². The summed E-state index contributed by atoms with van der Waals surface area (Å²) in [5.74, 6) is -0.399. The summed E-state index contributed by atoms with van der Waals surface area (Å²) in [5, 5.41) is -0.204. The number of esters is 1. The van der Waals surface area contributed by atoms with Gasteiger partial charge in [-0.05, 0) is 73.0 Å². The van der Waals surface area contributed by atoms with E-state index in [1.807, 2.05) is 24.3 Å². The highest BCUT2D eigenvalue weighted by Crippen LogP contribution is 2.46. The summed E-state index contributed by atoms with van der Waals surface area (Å²) >= 11 is 0. The first kappa shape index (κ1) is 44.0. The highest BCUT2D eigenvalue weighted by Gasteiger charge is 2.57. The van der Waals surface area contributed by atoms with Crippen LogP contribution in [-0.2, 0) is 22.8 Å². The molecule has 0 aliphatic carbocycles. The molecule has 1 heterocycles. The van der Waals surface area contributed by atoms with Gasteiger partial charge in [0.05, 0.1) is 19.7 Å². The van der Waals surface area contributed by atoms with Crippen LogP contribution in [0.15, 0.2) is 54.8 Å². The zero-order valence-corrected chi connectivity index (χ0v) is 38.4. The van der Waals surface area contributed by atoms with Crippen LogP contribution in [0.25, 0.3) is 0 Å². The molecule has 0 amide bonds. The molecule has 3 unspecified atom stereocenters. The Morgan fingerprint density at radius 1 is 0.755 bits per heavy atom. The van der Waals surface area contributed by atoms with Crippen LogP contribution in [0.5, 0.6) is 0 Å². The topological polar surface area (TPSA) is 63.2 Å². The van der Waals surface area contributed by atoms with Gasteiger partial charge in [-0.2, -0.15) is 0 Å². The molecule has 1 fully saturated rings. The van der Waals surface area contributed by atoms with Crippen LogP contribution in [0.3, 0.4) is 0 Å². The monoisotopic (exact) mass is 748 g/mol. The molecular formula is C39H72O6Si4. The van der Waals surface area contributed by atoms with Crippen molar-refractivity contribution in [3.63, 3.8) is 0 Å². The minimum absolute atomic E-state index is 0.0198. The summed E-state index contributed by atoms with van der Waals surface area (Å²) in [6.45, 7) is 45.1. The van der Waals surface area contributed by atoms with Crippen LogP contribution < -0.4 is 0 Å². The van der Waals surface area contributed by atoms with Gasteiger partial charge < -0.3 is 22.8 Å². The Hall–Kier alpha value is -1.12. The predicted molar refractivity (Wildman–Crippen MR) is 218 cm³/mol. The van der Waals surface area contributed by atoms with E-state index in [2.05, 4.69) is 140 Å². The van der Waals surface area contributed by atoms with Crippen molar-refractivity contribution < 1.29 is 27.5 Å². The highest BCUT2D eigenvalue weighted by molar-refractivity contribution is 6.81. The molecule has 2 rings (SSSR count). The first-order valence-electron chi connectivity index (χ1n) is 18.2. The SMILES string of the molecule is C=CC[C@@H]1O[C@@H](C(/C=C/[Si](C)(C)C)O[Si](C)(C)C(C)(C)C)C(O[Si](C)(C)C(C)(C)C)C(O[Si](C)(C)C(C)(C)C)[C@H]1OC(=O)c1ccccc1. The third kappa shape index (κ3) is 11.7. The first-order chi connectivity index (χ1) is 21.9. The molecule has 280 valence electrons. The predicted octanol–water partition coefficient (Wildman–Crippen LogP) is 11.2. The van der Waals surface area contributed by atoms with Crippen molar-refractivity contribution in [3.05, 3.63) is 60.3 Å². The van der Waals surface area contributed by atoms with E-state index in [1.54, 1.807) is 12.1 Å². The van der Waals surface area contributed by atoms with Crippen LogP contribution in [0, 0.1) is 0 Å². The van der Waals surface area contributed by atoms with Crippen molar-refractivity contribution in [2.45, 2.75) is 179 Å². The third-order valence-corrected chi connectivity index (χ3v) is 25.8. The summed E-state index contributed by atoms with van der Waals surface area (Å²) in [6, 6.07) is 9.18. The number of hydrogen-bond donors (Lipinski definition) is 0. The summed E-state index contributed by atoms with van der Waals surface area (Å²) in [4.78, 5) is 13.8. The van der Waals surface area contributed by atoms with Crippen molar-refractivity contribution in [3.8, 4) is 0 Å². The van der Waals surface area contributed by atoms with Gasteiger partial charge in [0.15, 0.2) is 31.1 Å². The quantitative estimate of drug-likeness (QED) is 0.114. The summed E-state index contributed by atoms with van der Waals surface area (Å²) < 4.78 is 36.0. The molecule has 6 atom stereocenters. The fourth-order valence-corrected chi connectivity index (χ4v) is 9.51. The van der Waals surface area contributed by atoms with E-state index in [1.165, 1.54) is 0 Å². The van der Waals surface area contributed by atoms with Crippen molar-refractivity contribution >= 4 is 39.0 Å². The molecule has 0 spiro atoms. The highest BCUT2D eigenvalue weighted by atomic mass is 28.4. The maximum Gasteiger partial charge on any atom is 0.338 e. The van der Waals surface area contributed by atoms with Gasteiger partial charge in [0.2, 0.25) is 0 Å². The van der Waals surface area contributed by atoms with Gasteiger partial charge in [0.1, 0.15) is 24.4 Å². The lowest BCUT2D eigenvalue weighted by Gasteiger charge is -2.54. The average molecular weight is 749 g/mol. The second kappa shape index (κ2) is 15.9. The minimum Gasteiger partial charge on any atom is -0.453 e. The Morgan fingerprint density at radius 2 is 1.22 bits per heavy atom. The van der Waals surface area contributed by atoms with Gasteiger partial charge in [-0.3, -0.25) is 0 Å². The number of rotatable bonds is 13. The van der Waals surface area contributed by atoms with E-state index in [-0.39, 0.29) is 21.2 Å². The molecule has 49 heavy (non-hydrogen) atoms. The number of carbonyl (C=O) groups excluding carboxylic acids is 1. The van der Waals surface area contributed by atoms with Gasteiger partial charge in [-0.1, -0.05) is 118 Å². The van der Waals surface area contributed by atoms with Gasteiger partial charge in [-0.15, -0.1) is 6.58 Å². The van der Waals surface area contributed by atoms with Crippen LogP contribution in [0.4, 0.5) is 0 Å². The van der Waals surface area contributed by atoms with E-state index >= 15 is 0 Å². The number of hydrogen-bond acceptors (Lipinski definition) is 6. The van der Waals surface area contributed by atoms with Gasteiger partial charge in [0.25, 0.3) is 0 Å². The molecule has 1 aliphatic rings. The first-order valence-corrected chi connectivity index (χ1v) is 30.5. The van der Waals surface area contributed by atoms with E-state index in [0.717, 1.165) is 0 Å². The summed E-state index contributed by atoms with van der Waals surface area (Å²) in [6.07, 6.45) is 1.35. The molecule has 10 heteroatoms. The smallest absolute Gasteiger partial charge is 0.338 e. The maximum absolute atomic E-state index is 13.8. The zero-order valence-electron chi connectivity index (χ0n) is 34.4. The van der Waals surface area contributed by atoms with E-state index in [4.69, 9.17) is 22.8 Å². The minimum atomic E-state index is -2.45. The Labute approximate surface area is 305 Å². The lowest BCUT2D eigenvalue weighted by atomic mass is 9.90. The molecule has 1 saturated heterocycles. The maximum atomic E-state index is 13.8. The Morgan fingerprint density at radius 3 is 1.65 bits per heavy atom. The van der Waals surface area contributed by atoms with Crippen LogP contribution in [0.1, 0.15) is 79.1 Å². The number of carbonyl (C=O) groups is 1. The Balaban J connectivity index is 2.96. The lowest BCUT2D eigenvalue weighted by molar-refractivity contribution is -0.227. The van der Waals surface area contributed by atoms with E-state index in [0.29, 0.717) is 12.0 Å². The fourth-order valence-electron chi connectivity index (χ4n) is 4.89. The molecule has 6 nitrogen and oxygen atoms in total. The molecule has 0 saturated carbocycles. The van der Waals surface area contributed by atoms with Gasteiger partial charge >= 0.3 is 5.97 Å². The number of ether oxygens (including phenoxy) is 2. The molecular weight excluding hydrogens is 677 g/mol. The number of benzene rings is 1. The van der Waals surface area contributed by atoms with Crippen molar-refractivity contribution in [1.82, 2.24) is 0 Å². The molecule has 0 N–H and O–H groups in total. The molecule has 1 aliphatic heterocycles. The molecule has 1 aromatic rings. The Bertz CT molecular complexity index is 1270. The third-order valence-electron chi connectivity index (χ3n) is 11.1. The zero-order chi connectivity index (χ0) is 38.0. The summed E-state index contributed by atoms with van der Waals surface area (Å²) in [7, 11) is -8.82. The van der Waals surface area contributed by atoms with Crippen LogP contribution in [0.2, 0.25) is 74.0 Å². The molecule has 0 bridgehead atoms. The summed E-state index contributed by atoms with van der Waals surface area (Å²) in [5.41, 5.74) is 2.86. The van der Waals surface area contributed by atoms with Crippen molar-refractivity contribution in [2.24, 2.45) is 0 Å². The van der Waals surface area contributed by atoms with Gasteiger partial charge in [0, 0.05) is 0 Å². The van der Waals surface area contributed by atoms with Crippen LogP contribution in [-0.4, -0.2) is 75.6 Å². The fraction of sp³-hybridized carbons (Fsp3) is 0.718. The average Bonchev–Trinajstić information content (AvgIpc) is 2.92.